The van der Waals surface area contributed by atoms with Gasteiger partial charge in [0.2, 0.25) is 5.91 Å². The first-order valence-corrected chi connectivity index (χ1v) is 14.7. The van der Waals surface area contributed by atoms with Crippen molar-refractivity contribution < 1.29 is 27.6 Å². The molecule has 0 saturated carbocycles. The molecule has 0 spiro atoms. The molecule has 0 fully saturated rings. The highest BCUT2D eigenvalue weighted by atomic mass is 79.9. The second kappa shape index (κ2) is 14.4. The Labute approximate surface area is 262 Å². The molecule has 6 nitrogen and oxygen atoms in total. The maximum atomic E-state index is 13.3. The van der Waals surface area contributed by atoms with E-state index in [1.165, 1.54) is 0 Å². The van der Waals surface area contributed by atoms with Crippen LogP contribution in [0.3, 0.4) is 0 Å². The molecule has 0 heterocycles. The molecule has 0 aliphatic heterocycles. The van der Waals surface area contributed by atoms with Crippen LogP contribution in [0.15, 0.2) is 112 Å². The summed E-state index contributed by atoms with van der Waals surface area (Å²) in [6.07, 6.45) is -3.04. The van der Waals surface area contributed by atoms with Gasteiger partial charge in [-0.25, -0.2) is 0 Å². The third kappa shape index (κ3) is 9.47. The lowest BCUT2D eigenvalue weighted by atomic mass is 10.1. The van der Waals surface area contributed by atoms with E-state index in [0.29, 0.717) is 21.7 Å². The number of amides is 3. The molecule has 0 atom stereocenters. The number of anilines is 2. The second-order valence-electron chi connectivity index (χ2n) is 8.94. The summed E-state index contributed by atoms with van der Waals surface area (Å²) < 4.78 is 39.9. The number of alkyl halides is 3. The van der Waals surface area contributed by atoms with Crippen molar-refractivity contribution in [2.45, 2.75) is 11.1 Å². The predicted octanol–water partition coefficient (Wildman–Crippen LogP) is 8.26. The number of hydrogen-bond acceptors (Lipinski definition) is 4. The third-order valence-corrected chi connectivity index (χ3v) is 7.59. The van der Waals surface area contributed by atoms with Crippen molar-refractivity contribution in [1.82, 2.24) is 5.32 Å². The summed E-state index contributed by atoms with van der Waals surface area (Å²) in [4.78, 5) is 39.2. The van der Waals surface area contributed by atoms with Gasteiger partial charge in [0.05, 0.1) is 22.0 Å². The Morgan fingerprint density at radius 1 is 0.860 bits per heavy atom. The number of nitrogens with one attached hydrogen (secondary N) is 3. The third-order valence-electron chi connectivity index (χ3n) is 5.74. The van der Waals surface area contributed by atoms with Crippen molar-refractivity contribution in [3.63, 3.8) is 0 Å². The van der Waals surface area contributed by atoms with Crippen LogP contribution < -0.4 is 16.0 Å². The number of carbonyl (C=O) groups is 3. The Morgan fingerprint density at radius 2 is 1.58 bits per heavy atom. The molecule has 3 amide bonds. The lowest BCUT2D eigenvalue weighted by molar-refractivity contribution is -0.137. The number of benzene rings is 4. The lowest BCUT2D eigenvalue weighted by Gasteiger charge is -2.13. The van der Waals surface area contributed by atoms with E-state index < -0.39 is 29.5 Å². The zero-order chi connectivity index (χ0) is 31.0. The summed E-state index contributed by atoms with van der Waals surface area (Å²) in [7, 11) is 0. The van der Waals surface area contributed by atoms with Crippen LogP contribution in [-0.4, -0.2) is 23.5 Å². The van der Waals surface area contributed by atoms with Gasteiger partial charge in [0.1, 0.15) is 5.70 Å². The average Bonchev–Trinajstić information content (AvgIpc) is 2.98. The van der Waals surface area contributed by atoms with E-state index >= 15 is 0 Å². The van der Waals surface area contributed by atoms with Gasteiger partial charge in [0.25, 0.3) is 11.8 Å². The fraction of sp³-hybridized carbons (Fsp3) is 0.0645. The molecule has 43 heavy (non-hydrogen) atoms. The first-order chi connectivity index (χ1) is 20.5. The van der Waals surface area contributed by atoms with E-state index in [2.05, 4.69) is 31.9 Å². The molecule has 0 aliphatic rings. The fourth-order valence-electron chi connectivity index (χ4n) is 3.66. The van der Waals surface area contributed by atoms with Crippen molar-refractivity contribution in [3.8, 4) is 0 Å². The van der Waals surface area contributed by atoms with Crippen molar-refractivity contribution in [2.75, 3.05) is 16.4 Å². The topological polar surface area (TPSA) is 87.3 Å². The van der Waals surface area contributed by atoms with Gasteiger partial charge in [-0.3, -0.25) is 14.4 Å². The highest BCUT2D eigenvalue weighted by molar-refractivity contribution is 9.10. The molecule has 0 aromatic heterocycles. The summed E-state index contributed by atoms with van der Waals surface area (Å²) >= 11 is 10.4. The molecule has 4 aromatic carbocycles. The first kappa shape index (κ1) is 31.9. The molecule has 0 bridgehead atoms. The van der Waals surface area contributed by atoms with E-state index in [1.807, 2.05) is 0 Å². The zero-order valence-electron chi connectivity index (χ0n) is 22.0. The van der Waals surface area contributed by atoms with Gasteiger partial charge in [-0.05, 0) is 72.3 Å². The van der Waals surface area contributed by atoms with Gasteiger partial charge in [0, 0.05) is 20.6 Å². The Bertz CT molecular complexity index is 1670. The number of hydrogen-bond donors (Lipinski definition) is 3. The number of halogens is 5. The van der Waals surface area contributed by atoms with E-state index in [1.54, 1.807) is 84.9 Å². The highest BCUT2D eigenvalue weighted by Gasteiger charge is 2.31. The highest BCUT2D eigenvalue weighted by Crippen LogP contribution is 2.34. The summed E-state index contributed by atoms with van der Waals surface area (Å²) in [6.45, 7) is 0. The van der Waals surface area contributed by atoms with Gasteiger partial charge in [0.15, 0.2) is 0 Å². The van der Waals surface area contributed by atoms with Crippen LogP contribution in [0.5, 0.6) is 0 Å². The minimum Gasteiger partial charge on any atom is -0.324 e. The van der Waals surface area contributed by atoms with Gasteiger partial charge in [-0.15, -0.1) is 11.8 Å². The zero-order valence-corrected chi connectivity index (χ0v) is 25.2. The molecule has 12 heteroatoms. The SMILES string of the molecule is O=C(CSc1cccc(NC(=O)/C(=C/c2ccc(Br)cc2)NC(=O)c2ccccc2)c1)Nc1cc(C(F)(F)F)ccc1Cl. The Hall–Kier alpha value is -4.06. The minimum absolute atomic E-state index is 0.00609. The van der Waals surface area contributed by atoms with Crippen LogP contribution in [0.2, 0.25) is 5.02 Å². The van der Waals surface area contributed by atoms with Gasteiger partial charge in [-0.1, -0.05) is 63.9 Å². The Morgan fingerprint density at radius 3 is 2.28 bits per heavy atom. The van der Waals surface area contributed by atoms with E-state index in [-0.39, 0.29) is 22.2 Å². The van der Waals surface area contributed by atoms with Crippen molar-refractivity contribution >= 4 is 74.5 Å². The van der Waals surface area contributed by atoms with Crippen LogP contribution >= 0.6 is 39.3 Å². The molecule has 0 unspecified atom stereocenters. The van der Waals surface area contributed by atoms with Crippen molar-refractivity contribution in [1.29, 1.82) is 0 Å². The van der Waals surface area contributed by atoms with Gasteiger partial charge >= 0.3 is 6.18 Å². The number of rotatable bonds is 9. The lowest BCUT2D eigenvalue weighted by Crippen LogP contribution is -2.30. The molecule has 3 N–H and O–H groups in total. The maximum Gasteiger partial charge on any atom is 0.416 e. The van der Waals surface area contributed by atoms with E-state index in [0.717, 1.165) is 34.4 Å². The molecule has 220 valence electrons. The Balaban J connectivity index is 1.44. The molecule has 4 aromatic rings. The van der Waals surface area contributed by atoms with E-state index in [9.17, 15) is 27.6 Å². The van der Waals surface area contributed by atoms with Crippen LogP contribution in [0.25, 0.3) is 6.08 Å². The molecule has 0 aliphatic carbocycles. The second-order valence-corrected chi connectivity index (χ2v) is 11.3. The van der Waals surface area contributed by atoms with Crippen LogP contribution in [-0.2, 0) is 15.8 Å². The fourth-order valence-corrected chi connectivity index (χ4v) is 4.85. The number of carbonyl (C=O) groups excluding carboxylic acids is 3. The standard InChI is InChI=1S/C31H22BrClF3N3O3S/c32-22-12-9-19(10-13-22)15-27(39-29(41)20-5-2-1-3-6-20)30(42)37-23-7-4-8-24(17-23)43-18-28(40)38-26-16-21(31(34,35)36)11-14-25(26)33/h1-17H,18H2,(H,37,42)(H,38,40)(H,39,41)/b27-15-. The van der Waals surface area contributed by atoms with Gasteiger partial charge < -0.3 is 16.0 Å². The predicted molar refractivity (Wildman–Crippen MR) is 167 cm³/mol. The van der Waals surface area contributed by atoms with Crippen molar-refractivity contribution in [2.24, 2.45) is 0 Å². The summed E-state index contributed by atoms with van der Waals surface area (Å²) in [6, 6.07) is 24.9. The number of thioether (sulfide) groups is 1. The quantitative estimate of drug-likeness (QED) is 0.122. The van der Waals surface area contributed by atoms with Crippen LogP contribution in [0.4, 0.5) is 24.5 Å². The summed E-state index contributed by atoms with van der Waals surface area (Å²) in [5, 5.41) is 7.80. The molecular weight excluding hydrogens is 667 g/mol. The summed E-state index contributed by atoms with van der Waals surface area (Å²) in [5.74, 6) is -1.74. The monoisotopic (exact) mass is 687 g/mol. The largest absolute Gasteiger partial charge is 0.416 e. The van der Waals surface area contributed by atoms with Gasteiger partial charge in [-0.2, -0.15) is 13.2 Å². The summed E-state index contributed by atoms with van der Waals surface area (Å²) in [5.41, 5.74) is 0.374. The van der Waals surface area contributed by atoms with E-state index in [4.69, 9.17) is 11.6 Å². The smallest absolute Gasteiger partial charge is 0.324 e. The molecule has 4 rings (SSSR count). The van der Waals surface area contributed by atoms with Crippen LogP contribution in [0, 0.1) is 0 Å². The normalized spacial score (nSPS) is 11.5. The minimum atomic E-state index is -4.58. The molecule has 0 radical (unpaired) electrons. The average molecular weight is 689 g/mol. The Kier molecular flexibility index (Phi) is 10.7. The first-order valence-electron chi connectivity index (χ1n) is 12.5. The molecular formula is C31H22BrClF3N3O3S. The van der Waals surface area contributed by atoms with Crippen molar-refractivity contribution in [3.05, 3.63) is 129 Å². The molecule has 0 saturated heterocycles. The maximum absolute atomic E-state index is 13.3. The van der Waals surface area contributed by atoms with Crippen LogP contribution in [0.1, 0.15) is 21.5 Å².